The Morgan fingerprint density at radius 1 is 0.706 bits per heavy atom. The monoisotopic (exact) mass is 230 g/mol. The van der Waals surface area contributed by atoms with E-state index >= 15 is 0 Å². The predicted molar refractivity (Wildman–Crippen MR) is 54.4 cm³/mol. The van der Waals surface area contributed by atoms with Crippen LogP contribution in [-0.4, -0.2) is 39.5 Å². The van der Waals surface area contributed by atoms with Crippen molar-refractivity contribution in [3.63, 3.8) is 0 Å². The molecule has 0 saturated heterocycles. The molecule has 4 rings (SSSR count). The summed E-state index contributed by atoms with van der Waals surface area (Å²) in [6, 6.07) is 0. The minimum Gasteiger partial charge on any atom is -0.254 e. The second-order valence-electron chi connectivity index (χ2n) is 3.72. The van der Waals surface area contributed by atoms with Crippen molar-refractivity contribution in [2.24, 2.45) is 0 Å². The molecule has 4 aromatic heterocycles. The summed E-state index contributed by atoms with van der Waals surface area (Å²) in [7, 11) is 0. The maximum absolute atomic E-state index is 4.78. The highest BCUT2D eigenvalue weighted by molar-refractivity contribution is 5.79. The predicted octanol–water partition coefficient (Wildman–Crippen LogP) is -0.0750. The van der Waals surface area contributed by atoms with Gasteiger partial charge in [0.05, 0.1) is 0 Å². The summed E-state index contributed by atoms with van der Waals surface area (Å²) in [5.74, 6) is 1.40. The van der Waals surface area contributed by atoms with Crippen LogP contribution in [0.15, 0.2) is 4.63 Å². The Balaban J connectivity index is 2.51. The van der Waals surface area contributed by atoms with Crippen molar-refractivity contribution in [2.75, 3.05) is 0 Å². The summed E-state index contributed by atoms with van der Waals surface area (Å²) in [6.07, 6.45) is 0. The quantitative estimate of drug-likeness (QED) is 0.416. The summed E-state index contributed by atoms with van der Waals surface area (Å²) in [6.45, 7) is 3.65. The Kier molecular flexibility index (Phi) is 1.29. The third kappa shape index (κ3) is 0.848. The number of hydrogen-bond donors (Lipinski definition) is 0. The molecule has 0 radical (unpaired) electrons. The van der Waals surface area contributed by atoms with Gasteiger partial charge in [0.2, 0.25) is 22.6 Å². The molecule has 0 aliphatic carbocycles. The summed E-state index contributed by atoms with van der Waals surface area (Å²) >= 11 is 0. The molecule has 0 atom stereocenters. The average molecular weight is 230 g/mol. The summed E-state index contributed by atoms with van der Waals surface area (Å²) in [4.78, 5) is 0. The molecule has 0 N–H and O–H groups in total. The van der Waals surface area contributed by atoms with Gasteiger partial charge in [0, 0.05) is 0 Å². The van der Waals surface area contributed by atoms with Crippen molar-refractivity contribution in [2.45, 2.75) is 13.8 Å². The highest BCUT2D eigenvalue weighted by Crippen LogP contribution is 2.19. The van der Waals surface area contributed by atoms with Crippen LogP contribution >= 0.6 is 0 Å². The lowest BCUT2D eigenvalue weighted by Crippen LogP contribution is -1.99. The van der Waals surface area contributed by atoms with E-state index in [1.165, 1.54) is 0 Å². The molecule has 0 unspecified atom stereocenters. The number of aryl methyl sites for hydroxylation is 2. The van der Waals surface area contributed by atoms with E-state index in [1.54, 1.807) is 8.80 Å². The molecule has 0 spiro atoms. The van der Waals surface area contributed by atoms with Gasteiger partial charge in [0.1, 0.15) is 11.6 Å². The van der Waals surface area contributed by atoms with Crippen LogP contribution in [0.1, 0.15) is 11.6 Å². The van der Waals surface area contributed by atoms with Gasteiger partial charge >= 0.3 is 0 Å². The SMILES string of the molecule is Cc1nnc2c3nnc(C)n3c3nonc3n12. The molecule has 17 heavy (non-hydrogen) atoms. The first-order valence-corrected chi connectivity index (χ1v) is 4.95. The van der Waals surface area contributed by atoms with Gasteiger partial charge in [-0.05, 0) is 24.2 Å². The lowest BCUT2D eigenvalue weighted by atomic mass is 10.5. The molecular weight excluding hydrogens is 224 g/mol. The lowest BCUT2D eigenvalue weighted by molar-refractivity contribution is 0.313. The molecule has 0 amide bonds. The molecule has 4 heterocycles. The van der Waals surface area contributed by atoms with Crippen molar-refractivity contribution in [3.05, 3.63) is 11.6 Å². The smallest absolute Gasteiger partial charge is 0.230 e. The Hall–Kier alpha value is -2.58. The van der Waals surface area contributed by atoms with Crippen LogP contribution < -0.4 is 0 Å². The van der Waals surface area contributed by atoms with E-state index in [9.17, 15) is 0 Å². The lowest BCUT2D eigenvalue weighted by Gasteiger charge is -1.98. The summed E-state index contributed by atoms with van der Waals surface area (Å²) in [5, 5.41) is 23.9. The summed E-state index contributed by atoms with van der Waals surface area (Å²) < 4.78 is 8.27. The van der Waals surface area contributed by atoms with Crippen molar-refractivity contribution in [1.29, 1.82) is 0 Å². The average Bonchev–Trinajstić information content (AvgIpc) is 2.96. The van der Waals surface area contributed by atoms with E-state index in [-0.39, 0.29) is 0 Å². The maximum atomic E-state index is 4.78. The fourth-order valence-electron chi connectivity index (χ4n) is 1.98. The number of nitrogens with zero attached hydrogens (tertiary/aromatic N) is 8. The first kappa shape index (κ1) is 8.56. The zero-order valence-electron chi connectivity index (χ0n) is 8.99. The van der Waals surface area contributed by atoms with Gasteiger partial charge in [-0.2, -0.15) is 0 Å². The molecule has 0 saturated carbocycles. The van der Waals surface area contributed by atoms with Crippen LogP contribution in [-0.2, 0) is 0 Å². The second-order valence-corrected chi connectivity index (χ2v) is 3.72. The Bertz CT molecular complexity index is 777. The van der Waals surface area contributed by atoms with Crippen molar-refractivity contribution < 1.29 is 4.63 Å². The van der Waals surface area contributed by atoms with Crippen LogP contribution in [0.5, 0.6) is 0 Å². The van der Waals surface area contributed by atoms with Crippen molar-refractivity contribution in [1.82, 2.24) is 39.5 Å². The van der Waals surface area contributed by atoms with Gasteiger partial charge in [-0.15, -0.1) is 20.4 Å². The van der Waals surface area contributed by atoms with Crippen molar-refractivity contribution in [3.8, 4) is 0 Å². The van der Waals surface area contributed by atoms with Crippen molar-refractivity contribution >= 4 is 22.6 Å². The van der Waals surface area contributed by atoms with E-state index < -0.39 is 0 Å². The van der Waals surface area contributed by atoms with Crippen LogP contribution in [0.3, 0.4) is 0 Å². The molecule has 4 aromatic rings. The standard InChI is InChI=1S/C8H6N8O/c1-3-9-11-5-6-12-10-4(2)16(6)8-7(15(3)5)13-17-14-8/h1-2H3. The van der Waals surface area contributed by atoms with Crippen LogP contribution in [0, 0.1) is 13.8 Å². The molecule has 9 nitrogen and oxygen atoms in total. The van der Waals surface area contributed by atoms with E-state index in [0.717, 1.165) is 0 Å². The normalized spacial score (nSPS) is 12.1. The minimum atomic E-state index is 0.554. The topological polar surface area (TPSA) is 99.3 Å². The van der Waals surface area contributed by atoms with E-state index in [4.69, 9.17) is 4.63 Å². The van der Waals surface area contributed by atoms with Gasteiger partial charge in [-0.1, -0.05) is 0 Å². The van der Waals surface area contributed by atoms with E-state index in [0.29, 0.717) is 34.2 Å². The number of hydrogen-bond acceptors (Lipinski definition) is 7. The van der Waals surface area contributed by atoms with Gasteiger partial charge in [0.15, 0.2) is 0 Å². The van der Waals surface area contributed by atoms with Crippen LogP contribution in [0.25, 0.3) is 22.6 Å². The first-order chi connectivity index (χ1) is 8.27. The van der Waals surface area contributed by atoms with Crippen LogP contribution in [0.2, 0.25) is 0 Å². The third-order valence-electron chi connectivity index (χ3n) is 2.73. The van der Waals surface area contributed by atoms with E-state index in [2.05, 4.69) is 30.7 Å². The summed E-state index contributed by atoms with van der Waals surface area (Å²) in [5.41, 5.74) is 2.29. The fourth-order valence-corrected chi connectivity index (χ4v) is 1.98. The molecule has 0 aromatic carbocycles. The van der Waals surface area contributed by atoms with Crippen LogP contribution in [0.4, 0.5) is 0 Å². The second kappa shape index (κ2) is 2.56. The minimum absolute atomic E-state index is 0.554. The number of rotatable bonds is 0. The number of fused-ring (bicyclic) bond motifs is 6. The highest BCUT2D eigenvalue weighted by atomic mass is 16.6. The van der Waals surface area contributed by atoms with Gasteiger partial charge in [0.25, 0.3) is 0 Å². The molecule has 84 valence electrons. The zero-order chi connectivity index (χ0) is 11.6. The Labute approximate surface area is 93.0 Å². The third-order valence-corrected chi connectivity index (χ3v) is 2.73. The van der Waals surface area contributed by atoms with Gasteiger partial charge in [-0.25, -0.2) is 4.63 Å². The molecular formula is C8H6N8O. The largest absolute Gasteiger partial charge is 0.254 e. The molecule has 0 aliphatic heterocycles. The molecule has 0 bridgehead atoms. The van der Waals surface area contributed by atoms with Gasteiger partial charge < -0.3 is 0 Å². The number of aromatic nitrogens is 8. The van der Waals surface area contributed by atoms with E-state index in [1.807, 2.05) is 13.8 Å². The maximum Gasteiger partial charge on any atom is 0.230 e. The molecule has 0 aliphatic rings. The fraction of sp³-hybridized carbons (Fsp3) is 0.250. The highest BCUT2D eigenvalue weighted by Gasteiger charge is 2.19. The zero-order valence-corrected chi connectivity index (χ0v) is 8.99. The Morgan fingerprint density at radius 3 is 1.65 bits per heavy atom. The molecule has 9 heteroatoms. The Morgan fingerprint density at radius 2 is 1.18 bits per heavy atom. The first-order valence-electron chi connectivity index (χ1n) is 4.95. The van der Waals surface area contributed by atoms with Gasteiger partial charge in [-0.3, -0.25) is 8.80 Å². The molecule has 0 fully saturated rings.